The van der Waals surface area contributed by atoms with Crippen LogP contribution in [0.25, 0.3) is 5.76 Å². The van der Waals surface area contributed by atoms with Gasteiger partial charge in [0.25, 0.3) is 5.78 Å². The number of carbonyl (C=O) groups excluding carboxylic acids is 2. The number of ketones is 1. The van der Waals surface area contributed by atoms with Crippen LogP contribution in [-0.4, -0.2) is 40.6 Å². The highest BCUT2D eigenvalue weighted by atomic mass is 32.1. The first-order valence-electron chi connectivity index (χ1n) is 9.76. The number of thiazole rings is 1. The lowest BCUT2D eigenvalue weighted by Crippen LogP contribution is -2.29. The van der Waals surface area contributed by atoms with Crippen molar-refractivity contribution in [3.63, 3.8) is 0 Å². The minimum atomic E-state index is -0.956. The molecule has 0 saturated carbocycles. The molecule has 1 aliphatic heterocycles. The smallest absolute Gasteiger partial charge is 0.301 e. The zero-order chi connectivity index (χ0) is 22.8. The lowest BCUT2D eigenvalue weighted by Gasteiger charge is -2.23. The van der Waals surface area contributed by atoms with Gasteiger partial charge in [-0.25, -0.2) is 4.98 Å². The summed E-state index contributed by atoms with van der Waals surface area (Å²) in [5, 5.41) is 23.1. The zero-order valence-corrected chi connectivity index (χ0v) is 18.1. The van der Waals surface area contributed by atoms with E-state index in [2.05, 4.69) is 4.98 Å². The van der Waals surface area contributed by atoms with Crippen molar-refractivity contribution in [1.29, 1.82) is 0 Å². The number of rotatable bonds is 6. The van der Waals surface area contributed by atoms with Crippen molar-refractivity contribution < 1.29 is 29.3 Å². The van der Waals surface area contributed by atoms with Crippen LogP contribution in [0.2, 0.25) is 0 Å². The number of phenolic OH excluding ortho intramolecular Hbond substituents is 1. The Hall–Kier alpha value is -3.85. The van der Waals surface area contributed by atoms with Crippen molar-refractivity contribution in [3.05, 3.63) is 70.7 Å². The molecule has 8 nitrogen and oxygen atoms in total. The van der Waals surface area contributed by atoms with Crippen molar-refractivity contribution in [1.82, 2.24) is 4.98 Å². The summed E-state index contributed by atoms with van der Waals surface area (Å²) >= 11 is 1.19. The number of aliphatic hydroxyl groups is 1. The molecular weight excluding hydrogens is 432 g/mol. The van der Waals surface area contributed by atoms with Crippen molar-refractivity contribution in [2.24, 2.45) is 0 Å². The summed E-state index contributed by atoms with van der Waals surface area (Å²) in [5.41, 5.74) is 0.755. The van der Waals surface area contributed by atoms with Gasteiger partial charge in [0.15, 0.2) is 16.6 Å². The number of carbonyl (C=O) groups is 2. The van der Waals surface area contributed by atoms with E-state index in [4.69, 9.17) is 9.47 Å². The number of aromatic nitrogens is 1. The molecule has 4 rings (SSSR count). The SMILES string of the molecule is CCOc1ccc(C(O)=C2C(=O)C(=O)N(c3nccs3)C2c2ccc(O)c(OC)c2)cc1. The highest BCUT2D eigenvalue weighted by molar-refractivity contribution is 7.14. The lowest BCUT2D eigenvalue weighted by atomic mass is 9.95. The van der Waals surface area contributed by atoms with E-state index in [1.807, 2.05) is 6.92 Å². The van der Waals surface area contributed by atoms with Crippen molar-refractivity contribution >= 4 is 33.9 Å². The summed E-state index contributed by atoms with van der Waals surface area (Å²) in [4.78, 5) is 31.5. The third kappa shape index (κ3) is 3.67. The molecule has 9 heteroatoms. The number of hydrogen-bond donors (Lipinski definition) is 2. The van der Waals surface area contributed by atoms with E-state index in [0.29, 0.717) is 28.6 Å². The molecular formula is C23H20N2O6S. The lowest BCUT2D eigenvalue weighted by molar-refractivity contribution is -0.132. The third-order valence-corrected chi connectivity index (χ3v) is 5.80. The molecule has 164 valence electrons. The zero-order valence-electron chi connectivity index (χ0n) is 17.3. The molecule has 1 saturated heterocycles. The van der Waals surface area contributed by atoms with Gasteiger partial charge in [0.2, 0.25) is 0 Å². The molecule has 1 aliphatic rings. The summed E-state index contributed by atoms with van der Waals surface area (Å²) in [6, 6.07) is 10.1. The predicted molar refractivity (Wildman–Crippen MR) is 119 cm³/mol. The van der Waals surface area contributed by atoms with Crippen LogP contribution in [0.1, 0.15) is 24.1 Å². The summed E-state index contributed by atoms with van der Waals surface area (Å²) in [7, 11) is 1.40. The van der Waals surface area contributed by atoms with E-state index in [0.717, 1.165) is 0 Å². The Morgan fingerprint density at radius 1 is 1.19 bits per heavy atom. The molecule has 1 aromatic heterocycles. The summed E-state index contributed by atoms with van der Waals surface area (Å²) < 4.78 is 10.6. The Kier molecular flexibility index (Phi) is 5.83. The fraction of sp³-hybridized carbons (Fsp3) is 0.174. The molecule has 1 atom stereocenters. The summed E-state index contributed by atoms with van der Waals surface area (Å²) in [6.07, 6.45) is 1.53. The van der Waals surface area contributed by atoms with E-state index in [1.165, 1.54) is 41.7 Å². The van der Waals surface area contributed by atoms with Crippen LogP contribution in [-0.2, 0) is 9.59 Å². The van der Waals surface area contributed by atoms with E-state index in [1.54, 1.807) is 35.7 Å². The summed E-state index contributed by atoms with van der Waals surface area (Å²) in [5.74, 6) is -1.25. The first-order valence-corrected chi connectivity index (χ1v) is 10.6. The molecule has 1 amide bonds. The Morgan fingerprint density at radius 3 is 2.56 bits per heavy atom. The second kappa shape index (κ2) is 8.72. The van der Waals surface area contributed by atoms with Crippen LogP contribution >= 0.6 is 11.3 Å². The fourth-order valence-electron chi connectivity index (χ4n) is 3.58. The van der Waals surface area contributed by atoms with Gasteiger partial charge in [-0.05, 0) is 48.9 Å². The minimum Gasteiger partial charge on any atom is -0.507 e. The van der Waals surface area contributed by atoms with E-state index in [-0.39, 0.29) is 22.8 Å². The fourth-order valence-corrected chi connectivity index (χ4v) is 4.24. The number of amides is 1. The van der Waals surface area contributed by atoms with E-state index < -0.39 is 17.7 Å². The Bertz CT molecular complexity index is 1190. The molecule has 0 bridgehead atoms. The molecule has 1 fully saturated rings. The number of aromatic hydroxyl groups is 1. The maximum Gasteiger partial charge on any atom is 0.301 e. The predicted octanol–water partition coefficient (Wildman–Crippen LogP) is 3.88. The van der Waals surface area contributed by atoms with Gasteiger partial charge >= 0.3 is 5.91 Å². The van der Waals surface area contributed by atoms with Crippen LogP contribution in [0, 0.1) is 0 Å². The number of ether oxygens (including phenoxy) is 2. The van der Waals surface area contributed by atoms with Gasteiger partial charge in [-0.1, -0.05) is 6.07 Å². The maximum absolute atomic E-state index is 13.1. The quantitative estimate of drug-likeness (QED) is 0.332. The Morgan fingerprint density at radius 2 is 1.94 bits per heavy atom. The standard InChI is InChI=1S/C23H20N2O6S/c1-3-31-15-7-4-13(5-8-15)20(27)18-19(14-6-9-16(26)17(12-14)30-2)25(22(29)21(18)28)23-24-10-11-32-23/h4-12,19,26-27H,3H2,1-2H3. The summed E-state index contributed by atoms with van der Waals surface area (Å²) in [6.45, 7) is 2.35. The van der Waals surface area contributed by atoms with Crippen LogP contribution in [0.3, 0.4) is 0 Å². The topological polar surface area (TPSA) is 109 Å². The highest BCUT2D eigenvalue weighted by Crippen LogP contribution is 2.44. The van der Waals surface area contributed by atoms with Crippen LogP contribution in [0.15, 0.2) is 59.6 Å². The monoisotopic (exact) mass is 452 g/mol. The maximum atomic E-state index is 13.1. The highest BCUT2D eigenvalue weighted by Gasteiger charge is 2.48. The molecule has 3 aromatic rings. The van der Waals surface area contributed by atoms with Crippen LogP contribution in [0.5, 0.6) is 17.2 Å². The molecule has 0 spiro atoms. The number of aliphatic hydroxyl groups excluding tert-OH is 1. The van der Waals surface area contributed by atoms with Crippen molar-refractivity contribution in [2.45, 2.75) is 13.0 Å². The molecule has 0 radical (unpaired) electrons. The van der Waals surface area contributed by atoms with Gasteiger partial charge in [0, 0.05) is 17.1 Å². The third-order valence-electron chi connectivity index (χ3n) is 5.03. The van der Waals surface area contributed by atoms with Crippen molar-refractivity contribution in [3.8, 4) is 17.2 Å². The number of hydrogen-bond acceptors (Lipinski definition) is 8. The molecule has 1 unspecified atom stereocenters. The largest absolute Gasteiger partial charge is 0.507 e. The number of methoxy groups -OCH3 is 1. The first kappa shape index (κ1) is 21.4. The number of anilines is 1. The van der Waals surface area contributed by atoms with Gasteiger partial charge in [-0.15, -0.1) is 11.3 Å². The minimum absolute atomic E-state index is 0.0814. The Labute approximate surface area is 188 Å². The van der Waals surface area contributed by atoms with Crippen LogP contribution in [0.4, 0.5) is 5.13 Å². The molecule has 32 heavy (non-hydrogen) atoms. The molecule has 0 aliphatic carbocycles. The number of phenols is 1. The van der Waals surface area contributed by atoms with Gasteiger partial charge in [-0.2, -0.15) is 0 Å². The van der Waals surface area contributed by atoms with Gasteiger partial charge in [0.05, 0.1) is 25.3 Å². The van der Waals surface area contributed by atoms with Crippen molar-refractivity contribution in [2.75, 3.05) is 18.6 Å². The Balaban J connectivity index is 1.89. The average molecular weight is 452 g/mol. The van der Waals surface area contributed by atoms with E-state index >= 15 is 0 Å². The second-order valence-corrected chi connectivity index (χ2v) is 7.75. The second-order valence-electron chi connectivity index (χ2n) is 6.87. The molecule has 2 N–H and O–H groups in total. The number of nitrogens with zero attached hydrogens (tertiary/aromatic N) is 2. The number of benzene rings is 2. The van der Waals surface area contributed by atoms with E-state index in [9.17, 15) is 19.8 Å². The van der Waals surface area contributed by atoms with Gasteiger partial charge in [-0.3, -0.25) is 14.5 Å². The first-order chi connectivity index (χ1) is 15.5. The molecule has 2 aromatic carbocycles. The van der Waals surface area contributed by atoms with Gasteiger partial charge < -0.3 is 19.7 Å². The normalized spacial score (nSPS) is 17.6. The van der Waals surface area contributed by atoms with Crippen LogP contribution < -0.4 is 14.4 Å². The van der Waals surface area contributed by atoms with Gasteiger partial charge in [0.1, 0.15) is 11.5 Å². The molecule has 2 heterocycles. The number of Topliss-reactive ketones (excluding diaryl/α,β-unsaturated/α-hetero) is 1. The average Bonchev–Trinajstić information content (AvgIpc) is 3.41.